The molecule has 7 nitrogen and oxygen atoms in total. The molecular formula is C12H12N6OS. The summed E-state index contributed by atoms with van der Waals surface area (Å²) in [5.41, 5.74) is 6.45. The summed E-state index contributed by atoms with van der Waals surface area (Å²) in [6.45, 7) is 0.771. The van der Waals surface area contributed by atoms with Crippen LogP contribution in [0, 0.1) is 0 Å². The SMILES string of the molecule is Nc1cccc(-c2nn3c(C4CCCO4)nnc3s2)n1. The number of hydrogen-bond donors (Lipinski definition) is 1. The van der Waals surface area contributed by atoms with Gasteiger partial charge >= 0.3 is 0 Å². The summed E-state index contributed by atoms with van der Waals surface area (Å²) < 4.78 is 7.40. The van der Waals surface area contributed by atoms with Crippen molar-refractivity contribution in [2.45, 2.75) is 18.9 Å². The average molecular weight is 288 g/mol. The Bertz CT molecular complexity index is 760. The summed E-state index contributed by atoms with van der Waals surface area (Å²) >= 11 is 1.44. The van der Waals surface area contributed by atoms with Gasteiger partial charge in [0.15, 0.2) is 10.8 Å². The minimum absolute atomic E-state index is 0.00579. The van der Waals surface area contributed by atoms with Gasteiger partial charge in [-0.05, 0) is 25.0 Å². The van der Waals surface area contributed by atoms with E-state index in [1.807, 2.05) is 12.1 Å². The van der Waals surface area contributed by atoms with Crippen LogP contribution in [0.2, 0.25) is 0 Å². The minimum Gasteiger partial charge on any atom is -0.384 e. The predicted octanol–water partition coefficient (Wildman–Crippen LogP) is 1.68. The van der Waals surface area contributed by atoms with Gasteiger partial charge in [-0.25, -0.2) is 4.98 Å². The molecule has 8 heteroatoms. The van der Waals surface area contributed by atoms with E-state index >= 15 is 0 Å². The Hall–Kier alpha value is -2.06. The Labute approximate surface area is 118 Å². The van der Waals surface area contributed by atoms with Crippen molar-refractivity contribution >= 4 is 22.1 Å². The Balaban J connectivity index is 1.79. The van der Waals surface area contributed by atoms with Gasteiger partial charge in [0.1, 0.15) is 17.6 Å². The molecule has 0 aliphatic carbocycles. The molecule has 1 fully saturated rings. The van der Waals surface area contributed by atoms with E-state index in [-0.39, 0.29) is 6.10 Å². The van der Waals surface area contributed by atoms with Crippen molar-refractivity contribution in [3.8, 4) is 10.7 Å². The number of pyridine rings is 1. The van der Waals surface area contributed by atoms with Crippen LogP contribution in [0.1, 0.15) is 24.8 Å². The van der Waals surface area contributed by atoms with E-state index in [1.165, 1.54) is 11.3 Å². The molecule has 3 aromatic rings. The van der Waals surface area contributed by atoms with E-state index in [0.717, 1.165) is 40.9 Å². The average Bonchev–Trinajstić information content (AvgIpc) is 3.14. The zero-order valence-corrected chi connectivity index (χ0v) is 11.4. The lowest BCUT2D eigenvalue weighted by Crippen LogP contribution is -2.03. The summed E-state index contributed by atoms with van der Waals surface area (Å²) in [6.07, 6.45) is 2.01. The van der Waals surface area contributed by atoms with Crippen molar-refractivity contribution in [2.24, 2.45) is 0 Å². The third-order valence-corrected chi connectivity index (χ3v) is 4.14. The monoisotopic (exact) mass is 288 g/mol. The van der Waals surface area contributed by atoms with Crippen molar-refractivity contribution in [2.75, 3.05) is 12.3 Å². The Kier molecular flexibility index (Phi) is 2.64. The Morgan fingerprint density at radius 1 is 1.35 bits per heavy atom. The third kappa shape index (κ3) is 1.84. The predicted molar refractivity (Wildman–Crippen MR) is 74.2 cm³/mol. The molecule has 1 atom stereocenters. The van der Waals surface area contributed by atoms with Crippen molar-refractivity contribution in [3.05, 3.63) is 24.0 Å². The molecule has 1 unspecified atom stereocenters. The van der Waals surface area contributed by atoms with Crippen LogP contribution in [0.3, 0.4) is 0 Å². The lowest BCUT2D eigenvalue weighted by Gasteiger charge is -2.04. The van der Waals surface area contributed by atoms with Gasteiger partial charge in [-0.2, -0.15) is 9.61 Å². The van der Waals surface area contributed by atoms with Gasteiger partial charge in [-0.1, -0.05) is 17.4 Å². The quantitative estimate of drug-likeness (QED) is 0.771. The van der Waals surface area contributed by atoms with Crippen LogP contribution in [-0.2, 0) is 4.74 Å². The lowest BCUT2D eigenvalue weighted by atomic mass is 10.2. The molecule has 20 heavy (non-hydrogen) atoms. The number of rotatable bonds is 2. The first kappa shape index (κ1) is 11.7. The number of aromatic nitrogens is 5. The smallest absolute Gasteiger partial charge is 0.235 e. The second kappa shape index (κ2) is 4.50. The number of hydrogen-bond acceptors (Lipinski definition) is 7. The van der Waals surface area contributed by atoms with E-state index in [0.29, 0.717) is 5.82 Å². The molecule has 4 rings (SSSR count). The van der Waals surface area contributed by atoms with Crippen LogP contribution >= 0.6 is 11.3 Å². The minimum atomic E-state index is -0.00579. The highest BCUT2D eigenvalue weighted by atomic mass is 32.1. The number of nitrogen functional groups attached to an aromatic ring is 1. The summed E-state index contributed by atoms with van der Waals surface area (Å²) in [7, 11) is 0. The first-order valence-electron chi connectivity index (χ1n) is 6.38. The molecule has 0 spiro atoms. The van der Waals surface area contributed by atoms with Gasteiger partial charge in [0, 0.05) is 6.61 Å². The number of ether oxygens (including phenoxy) is 1. The molecule has 1 aliphatic heterocycles. The number of fused-ring (bicyclic) bond motifs is 1. The molecule has 0 radical (unpaired) electrons. The molecular weight excluding hydrogens is 276 g/mol. The standard InChI is InChI=1S/C12H12N6OS/c13-9-5-1-3-7(14-9)11-17-18-10(8-4-2-6-19-8)15-16-12(18)20-11/h1,3,5,8H,2,4,6H2,(H2,13,14). The zero-order valence-electron chi connectivity index (χ0n) is 10.6. The molecule has 1 aliphatic rings. The van der Waals surface area contributed by atoms with Crippen LogP contribution in [0.5, 0.6) is 0 Å². The summed E-state index contributed by atoms with van der Waals surface area (Å²) in [5, 5.41) is 13.7. The van der Waals surface area contributed by atoms with Crippen molar-refractivity contribution in [3.63, 3.8) is 0 Å². The molecule has 3 aromatic heterocycles. The first-order valence-corrected chi connectivity index (χ1v) is 7.19. The van der Waals surface area contributed by atoms with Crippen LogP contribution in [0.15, 0.2) is 18.2 Å². The van der Waals surface area contributed by atoms with Gasteiger partial charge in [0.2, 0.25) is 4.96 Å². The second-order valence-electron chi connectivity index (χ2n) is 4.61. The van der Waals surface area contributed by atoms with Gasteiger partial charge < -0.3 is 10.5 Å². The largest absolute Gasteiger partial charge is 0.384 e. The molecule has 4 heterocycles. The van der Waals surface area contributed by atoms with Crippen molar-refractivity contribution < 1.29 is 4.74 Å². The number of anilines is 1. The van der Waals surface area contributed by atoms with Gasteiger partial charge in [-0.3, -0.25) is 0 Å². The maximum atomic E-state index is 5.71. The fourth-order valence-electron chi connectivity index (χ4n) is 2.29. The van der Waals surface area contributed by atoms with Crippen LogP contribution in [0.4, 0.5) is 5.82 Å². The summed E-state index contributed by atoms with van der Waals surface area (Å²) in [4.78, 5) is 5.02. The van der Waals surface area contributed by atoms with Crippen LogP contribution < -0.4 is 5.73 Å². The van der Waals surface area contributed by atoms with Gasteiger partial charge in [0.05, 0.1) is 0 Å². The fourth-order valence-corrected chi connectivity index (χ4v) is 3.10. The highest BCUT2D eigenvalue weighted by Crippen LogP contribution is 2.30. The second-order valence-corrected chi connectivity index (χ2v) is 5.57. The van der Waals surface area contributed by atoms with Gasteiger partial charge in [-0.15, -0.1) is 10.2 Å². The fraction of sp³-hybridized carbons (Fsp3) is 0.333. The van der Waals surface area contributed by atoms with Crippen LogP contribution in [0.25, 0.3) is 15.7 Å². The van der Waals surface area contributed by atoms with E-state index < -0.39 is 0 Å². The maximum Gasteiger partial charge on any atom is 0.235 e. The summed E-state index contributed by atoms with van der Waals surface area (Å²) in [6, 6.07) is 5.50. The molecule has 0 saturated carbocycles. The Morgan fingerprint density at radius 3 is 3.10 bits per heavy atom. The summed E-state index contributed by atoms with van der Waals surface area (Å²) in [5.74, 6) is 1.25. The van der Waals surface area contributed by atoms with Crippen molar-refractivity contribution in [1.29, 1.82) is 0 Å². The third-order valence-electron chi connectivity index (χ3n) is 3.22. The van der Waals surface area contributed by atoms with Crippen LogP contribution in [-0.4, -0.2) is 31.4 Å². The molecule has 0 amide bonds. The number of nitrogens with two attached hydrogens (primary N) is 1. The van der Waals surface area contributed by atoms with E-state index in [1.54, 1.807) is 10.6 Å². The highest BCUT2D eigenvalue weighted by Gasteiger charge is 2.25. The normalized spacial score (nSPS) is 18.9. The van der Waals surface area contributed by atoms with E-state index in [4.69, 9.17) is 10.5 Å². The molecule has 0 bridgehead atoms. The highest BCUT2D eigenvalue weighted by molar-refractivity contribution is 7.19. The Morgan fingerprint density at radius 2 is 2.30 bits per heavy atom. The topological polar surface area (TPSA) is 91.2 Å². The van der Waals surface area contributed by atoms with E-state index in [2.05, 4.69) is 20.3 Å². The molecule has 102 valence electrons. The lowest BCUT2D eigenvalue weighted by molar-refractivity contribution is 0.103. The number of nitrogens with zero attached hydrogens (tertiary/aromatic N) is 5. The van der Waals surface area contributed by atoms with Gasteiger partial charge in [0.25, 0.3) is 0 Å². The molecule has 0 aromatic carbocycles. The van der Waals surface area contributed by atoms with Crippen molar-refractivity contribution in [1.82, 2.24) is 24.8 Å². The maximum absolute atomic E-state index is 5.71. The molecule has 2 N–H and O–H groups in total. The molecule has 1 saturated heterocycles. The first-order chi connectivity index (χ1) is 9.81. The van der Waals surface area contributed by atoms with E-state index in [9.17, 15) is 0 Å². The zero-order chi connectivity index (χ0) is 13.5.